The first-order valence-electron chi connectivity index (χ1n) is 6.79. The molecule has 7 heteroatoms. The van der Waals surface area contributed by atoms with Crippen molar-refractivity contribution in [2.45, 2.75) is 13.1 Å². The van der Waals surface area contributed by atoms with E-state index in [-0.39, 0.29) is 10.6 Å². The molecule has 0 radical (unpaired) electrons. The Balaban J connectivity index is 2.17. The number of anilines is 1. The quantitative estimate of drug-likeness (QED) is 0.659. The maximum atomic E-state index is 12.7. The highest BCUT2D eigenvalue weighted by Crippen LogP contribution is 2.32. The average molecular weight is 374 g/mol. The molecule has 0 atom stereocenters. The lowest BCUT2D eigenvalue weighted by Gasteiger charge is -2.08. The molecule has 0 saturated carbocycles. The van der Waals surface area contributed by atoms with E-state index in [0.29, 0.717) is 10.7 Å². The molecule has 2 nitrogen and oxygen atoms in total. The van der Waals surface area contributed by atoms with Crippen LogP contribution >= 0.6 is 23.2 Å². The van der Waals surface area contributed by atoms with Gasteiger partial charge >= 0.3 is 6.18 Å². The second-order valence-corrected chi connectivity index (χ2v) is 5.86. The van der Waals surface area contributed by atoms with E-state index in [2.05, 4.69) is 5.32 Å². The molecule has 2 rings (SSSR count). The molecule has 2 aromatic rings. The fourth-order valence-electron chi connectivity index (χ4n) is 1.95. The fraction of sp³-hybridized carbons (Fsp3) is 0.118. The lowest BCUT2D eigenvalue weighted by atomic mass is 10.1. The van der Waals surface area contributed by atoms with Crippen LogP contribution in [-0.4, -0.2) is 5.91 Å². The molecule has 24 heavy (non-hydrogen) atoms. The summed E-state index contributed by atoms with van der Waals surface area (Å²) in [6, 6.07) is 7.87. The molecule has 0 spiro atoms. The monoisotopic (exact) mass is 373 g/mol. The molecule has 0 fully saturated rings. The number of carbonyl (C=O) groups excluding carboxylic acids is 1. The standard InChI is InChI=1S/C17H12Cl2F3NO/c1-10-8-13(18)4-6-15(10)23-16(24)7-2-11-9-12(17(20,21)22)3-5-14(11)19/h2-9H,1H3,(H,23,24)/b7-2+. The van der Waals surface area contributed by atoms with Crippen molar-refractivity contribution in [1.82, 2.24) is 0 Å². The first-order chi connectivity index (χ1) is 11.2. The molecular weight excluding hydrogens is 362 g/mol. The summed E-state index contributed by atoms with van der Waals surface area (Å²) in [5.41, 5.74) is 0.598. The summed E-state index contributed by atoms with van der Waals surface area (Å²) in [6.07, 6.45) is -2.12. The lowest BCUT2D eigenvalue weighted by molar-refractivity contribution is -0.137. The predicted molar refractivity (Wildman–Crippen MR) is 90.3 cm³/mol. The van der Waals surface area contributed by atoms with Crippen LogP contribution in [0.1, 0.15) is 16.7 Å². The molecule has 0 saturated heterocycles. The van der Waals surface area contributed by atoms with Gasteiger partial charge in [0.1, 0.15) is 0 Å². The van der Waals surface area contributed by atoms with Crippen molar-refractivity contribution in [3.63, 3.8) is 0 Å². The zero-order chi connectivity index (χ0) is 17.9. The van der Waals surface area contributed by atoms with Gasteiger partial charge in [-0.3, -0.25) is 4.79 Å². The number of aryl methyl sites for hydroxylation is 1. The summed E-state index contributed by atoms with van der Waals surface area (Å²) in [7, 11) is 0. The van der Waals surface area contributed by atoms with Gasteiger partial charge in [0.25, 0.3) is 0 Å². The average Bonchev–Trinajstić information content (AvgIpc) is 2.48. The molecule has 0 unspecified atom stereocenters. The van der Waals surface area contributed by atoms with Crippen molar-refractivity contribution in [2.75, 3.05) is 5.32 Å². The van der Waals surface area contributed by atoms with Gasteiger partial charge in [-0.25, -0.2) is 0 Å². The third-order valence-corrected chi connectivity index (χ3v) is 3.76. The topological polar surface area (TPSA) is 29.1 Å². The molecule has 0 aromatic heterocycles. The van der Waals surface area contributed by atoms with Gasteiger partial charge < -0.3 is 5.32 Å². The van der Waals surface area contributed by atoms with Gasteiger partial charge in [-0.05, 0) is 60.5 Å². The first kappa shape index (κ1) is 18.4. The van der Waals surface area contributed by atoms with Crippen molar-refractivity contribution in [2.24, 2.45) is 0 Å². The van der Waals surface area contributed by atoms with Crippen molar-refractivity contribution in [3.05, 3.63) is 69.2 Å². The number of alkyl halides is 3. The van der Waals surface area contributed by atoms with Crippen LogP contribution in [0.15, 0.2) is 42.5 Å². The Kier molecular flexibility index (Phi) is 5.57. The van der Waals surface area contributed by atoms with E-state index in [1.54, 1.807) is 25.1 Å². The van der Waals surface area contributed by atoms with Gasteiger partial charge in [0.2, 0.25) is 5.91 Å². The minimum atomic E-state index is -4.48. The van der Waals surface area contributed by atoms with Gasteiger partial charge in [0.05, 0.1) is 5.56 Å². The van der Waals surface area contributed by atoms with Crippen molar-refractivity contribution in [1.29, 1.82) is 0 Å². The van der Waals surface area contributed by atoms with Gasteiger partial charge in [0, 0.05) is 21.8 Å². The van der Waals surface area contributed by atoms with Crippen LogP contribution in [0.3, 0.4) is 0 Å². The smallest absolute Gasteiger partial charge is 0.322 e. The zero-order valence-electron chi connectivity index (χ0n) is 12.4. The molecule has 1 amide bonds. The van der Waals surface area contributed by atoms with Crippen LogP contribution in [0.5, 0.6) is 0 Å². The van der Waals surface area contributed by atoms with Crippen LogP contribution in [0, 0.1) is 6.92 Å². The van der Waals surface area contributed by atoms with E-state index >= 15 is 0 Å². The highest BCUT2D eigenvalue weighted by Gasteiger charge is 2.30. The van der Waals surface area contributed by atoms with E-state index in [1.807, 2.05) is 0 Å². The van der Waals surface area contributed by atoms with Crippen LogP contribution in [0.2, 0.25) is 10.0 Å². The van der Waals surface area contributed by atoms with Gasteiger partial charge in [-0.1, -0.05) is 23.2 Å². The largest absolute Gasteiger partial charge is 0.416 e. The van der Waals surface area contributed by atoms with Crippen molar-refractivity contribution >= 4 is 40.9 Å². The number of nitrogens with one attached hydrogen (secondary N) is 1. The Labute approximate surface area is 146 Å². The van der Waals surface area contributed by atoms with Crippen molar-refractivity contribution in [3.8, 4) is 0 Å². The minimum Gasteiger partial charge on any atom is -0.322 e. The second-order valence-electron chi connectivity index (χ2n) is 5.02. The molecule has 0 aliphatic carbocycles. The minimum absolute atomic E-state index is 0.106. The molecule has 126 valence electrons. The van der Waals surface area contributed by atoms with E-state index in [1.165, 1.54) is 6.08 Å². The van der Waals surface area contributed by atoms with Gasteiger partial charge in [0.15, 0.2) is 0 Å². The normalized spacial score (nSPS) is 11.8. The highest BCUT2D eigenvalue weighted by molar-refractivity contribution is 6.32. The summed E-state index contributed by atoms with van der Waals surface area (Å²) in [5, 5.41) is 3.28. The number of rotatable bonds is 3. The van der Waals surface area contributed by atoms with Gasteiger partial charge in [-0.15, -0.1) is 0 Å². The summed E-state index contributed by atoms with van der Waals surface area (Å²) < 4.78 is 38.1. The maximum Gasteiger partial charge on any atom is 0.416 e. The third kappa shape index (κ3) is 4.76. The Morgan fingerprint density at radius 1 is 1.12 bits per heavy atom. The van der Waals surface area contributed by atoms with Crippen molar-refractivity contribution < 1.29 is 18.0 Å². The summed E-state index contributed by atoms with van der Waals surface area (Å²) >= 11 is 11.7. The number of benzene rings is 2. The predicted octanol–water partition coefficient (Wildman–Crippen LogP) is 5.97. The van der Waals surface area contributed by atoms with Crippen LogP contribution in [0.4, 0.5) is 18.9 Å². The van der Waals surface area contributed by atoms with E-state index in [0.717, 1.165) is 29.8 Å². The second kappa shape index (κ2) is 7.28. The third-order valence-electron chi connectivity index (χ3n) is 3.18. The molecule has 0 aliphatic rings. The van der Waals surface area contributed by atoms with Crippen LogP contribution in [-0.2, 0) is 11.0 Å². The molecule has 2 aromatic carbocycles. The van der Waals surface area contributed by atoms with E-state index in [4.69, 9.17) is 23.2 Å². The molecule has 0 bridgehead atoms. The van der Waals surface area contributed by atoms with E-state index in [9.17, 15) is 18.0 Å². The van der Waals surface area contributed by atoms with Crippen LogP contribution in [0.25, 0.3) is 6.08 Å². The van der Waals surface area contributed by atoms with Crippen LogP contribution < -0.4 is 5.32 Å². The Morgan fingerprint density at radius 3 is 2.46 bits per heavy atom. The summed E-state index contributed by atoms with van der Waals surface area (Å²) in [6.45, 7) is 1.77. The Hall–Kier alpha value is -1.98. The maximum absolute atomic E-state index is 12.7. The first-order valence-corrected chi connectivity index (χ1v) is 7.54. The molecular formula is C17H12Cl2F3NO. The lowest BCUT2D eigenvalue weighted by Crippen LogP contribution is -2.09. The van der Waals surface area contributed by atoms with E-state index < -0.39 is 17.6 Å². The summed E-state index contributed by atoms with van der Waals surface area (Å²) in [4.78, 5) is 11.9. The summed E-state index contributed by atoms with van der Waals surface area (Å²) in [5.74, 6) is -0.492. The SMILES string of the molecule is Cc1cc(Cl)ccc1NC(=O)/C=C/c1cc(C(F)(F)F)ccc1Cl. The fourth-order valence-corrected chi connectivity index (χ4v) is 2.36. The van der Waals surface area contributed by atoms with Gasteiger partial charge in [-0.2, -0.15) is 13.2 Å². The Bertz CT molecular complexity index is 801. The number of hydrogen-bond donors (Lipinski definition) is 1. The number of hydrogen-bond acceptors (Lipinski definition) is 1. The number of carbonyl (C=O) groups is 1. The zero-order valence-corrected chi connectivity index (χ0v) is 13.9. The number of halogens is 5. The molecule has 0 aliphatic heterocycles. The highest BCUT2D eigenvalue weighted by atomic mass is 35.5. The molecule has 0 heterocycles. The molecule has 1 N–H and O–H groups in total. The number of amides is 1. The Morgan fingerprint density at radius 2 is 1.83 bits per heavy atom.